The zero-order valence-electron chi connectivity index (χ0n) is 11.4. The molecule has 0 aliphatic heterocycles. The lowest BCUT2D eigenvalue weighted by Gasteiger charge is -2.36. The van der Waals surface area contributed by atoms with Crippen molar-refractivity contribution in [2.24, 2.45) is 0 Å². The number of hydrogen-bond donors (Lipinski definition) is 2. The number of amides is 1. The molecule has 1 heterocycles. The molecule has 0 saturated heterocycles. The van der Waals surface area contributed by atoms with Crippen molar-refractivity contribution in [2.75, 3.05) is 12.4 Å². The summed E-state index contributed by atoms with van der Waals surface area (Å²) < 4.78 is 0. The molecule has 1 aliphatic rings. The fourth-order valence-electron chi connectivity index (χ4n) is 2.69. The number of anilines is 1. The van der Waals surface area contributed by atoms with Crippen molar-refractivity contribution in [2.45, 2.75) is 44.1 Å². The molecular formula is C13H18Cl2N4O. The van der Waals surface area contributed by atoms with Crippen LogP contribution in [0.4, 0.5) is 5.82 Å². The van der Waals surface area contributed by atoms with E-state index in [-0.39, 0.29) is 21.9 Å². The Morgan fingerprint density at radius 3 is 2.60 bits per heavy atom. The van der Waals surface area contributed by atoms with Crippen LogP contribution in [0.2, 0.25) is 10.4 Å². The molecule has 5 nitrogen and oxygen atoms in total. The number of nitrogens with one attached hydrogen (secondary N) is 2. The van der Waals surface area contributed by atoms with Gasteiger partial charge in [-0.05, 0) is 31.5 Å². The van der Waals surface area contributed by atoms with E-state index in [2.05, 4.69) is 20.6 Å². The summed E-state index contributed by atoms with van der Waals surface area (Å²) in [7, 11) is 1.91. The zero-order chi connectivity index (χ0) is 14.6. The lowest BCUT2D eigenvalue weighted by molar-refractivity contribution is -0.117. The average molecular weight is 317 g/mol. The Morgan fingerprint density at radius 1 is 1.30 bits per heavy atom. The molecule has 1 amide bonds. The second-order valence-electron chi connectivity index (χ2n) is 5.16. The van der Waals surface area contributed by atoms with Crippen molar-refractivity contribution in [3.63, 3.8) is 0 Å². The topological polar surface area (TPSA) is 66.9 Å². The van der Waals surface area contributed by atoms with Crippen LogP contribution in [-0.4, -0.2) is 28.5 Å². The van der Waals surface area contributed by atoms with Crippen LogP contribution in [0.3, 0.4) is 0 Å². The van der Waals surface area contributed by atoms with E-state index in [1.807, 2.05) is 7.05 Å². The maximum Gasteiger partial charge on any atom is 0.227 e. The Morgan fingerprint density at radius 2 is 2.00 bits per heavy atom. The van der Waals surface area contributed by atoms with Gasteiger partial charge in [-0.25, -0.2) is 9.97 Å². The molecule has 0 atom stereocenters. The van der Waals surface area contributed by atoms with Crippen molar-refractivity contribution in [1.82, 2.24) is 15.3 Å². The predicted octanol–water partition coefficient (Wildman–Crippen LogP) is 3.03. The fourth-order valence-corrected chi connectivity index (χ4v) is 3.10. The lowest BCUT2D eigenvalue weighted by Crippen LogP contribution is -2.47. The molecule has 1 aromatic rings. The predicted molar refractivity (Wildman–Crippen MR) is 80.2 cm³/mol. The summed E-state index contributed by atoms with van der Waals surface area (Å²) in [5, 5.41) is 6.27. The highest BCUT2D eigenvalue weighted by atomic mass is 35.5. The van der Waals surface area contributed by atoms with E-state index >= 15 is 0 Å². The minimum Gasteiger partial charge on any atom is -0.314 e. The molecule has 20 heavy (non-hydrogen) atoms. The molecular weight excluding hydrogens is 299 g/mol. The van der Waals surface area contributed by atoms with E-state index in [1.165, 1.54) is 12.5 Å². The molecule has 1 saturated carbocycles. The van der Waals surface area contributed by atoms with Gasteiger partial charge in [-0.3, -0.25) is 4.79 Å². The van der Waals surface area contributed by atoms with Crippen LogP contribution in [0.15, 0.2) is 6.07 Å². The number of halogens is 2. The largest absolute Gasteiger partial charge is 0.314 e. The average Bonchev–Trinajstić information content (AvgIpc) is 2.38. The Kier molecular flexibility index (Phi) is 5.18. The Bertz CT molecular complexity index is 469. The standard InChI is InChI=1S/C13H18Cl2N4O/c1-16-13(5-3-2-4-6-13)8-11(20)18-10-7-9(14)17-12(15)19-10/h7,16H,2-6,8H2,1H3,(H,17,18,19,20). The van der Waals surface area contributed by atoms with Crippen molar-refractivity contribution in [3.8, 4) is 0 Å². The van der Waals surface area contributed by atoms with Gasteiger partial charge in [0.2, 0.25) is 11.2 Å². The summed E-state index contributed by atoms with van der Waals surface area (Å²) >= 11 is 11.5. The molecule has 2 rings (SSSR count). The molecule has 0 unspecified atom stereocenters. The zero-order valence-corrected chi connectivity index (χ0v) is 12.9. The monoisotopic (exact) mass is 316 g/mol. The maximum absolute atomic E-state index is 12.2. The highest BCUT2D eigenvalue weighted by molar-refractivity contribution is 6.32. The number of aromatic nitrogens is 2. The first-order valence-corrected chi connectivity index (χ1v) is 7.47. The highest BCUT2D eigenvalue weighted by Gasteiger charge is 2.32. The number of carbonyl (C=O) groups is 1. The van der Waals surface area contributed by atoms with Crippen LogP contribution in [0.1, 0.15) is 38.5 Å². The van der Waals surface area contributed by atoms with E-state index in [1.54, 1.807) is 0 Å². The van der Waals surface area contributed by atoms with Gasteiger partial charge in [0, 0.05) is 18.0 Å². The van der Waals surface area contributed by atoms with Gasteiger partial charge in [0.1, 0.15) is 11.0 Å². The van der Waals surface area contributed by atoms with Crippen LogP contribution in [0.5, 0.6) is 0 Å². The molecule has 1 aliphatic carbocycles. The van der Waals surface area contributed by atoms with Gasteiger partial charge in [0.05, 0.1) is 0 Å². The molecule has 0 spiro atoms. The summed E-state index contributed by atoms with van der Waals surface area (Å²) in [6.45, 7) is 0. The summed E-state index contributed by atoms with van der Waals surface area (Å²) in [5.41, 5.74) is -0.108. The van der Waals surface area contributed by atoms with E-state index < -0.39 is 0 Å². The molecule has 1 fully saturated rings. The van der Waals surface area contributed by atoms with E-state index in [0.717, 1.165) is 25.7 Å². The first-order valence-electron chi connectivity index (χ1n) is 6.72. The van der Waals surface area contributed by atoms with E-state index in [4.69, 9.17) is 23.2 Å². The van der Waals surface area contributed by atoms with Crippen molar-refractivity contribution < 1.29 is 4.79 Å². The first kappa shape index (κ1) is 15.5. The van der Waals surface area contributed by atoms with E-state index in [9.17, 15) is 4.79 Å². The van der Waals surface area contributed by atoms with E-state index in [0.29, 0.717) is 12.2 Å². The number of hydrogen-bond acceptors (Lipinski definition) is 4. The number of rotatable bonds is 4. The van der Waals surface area contributed by atoms with Gasteiger partial charge >= 0.3 is 0 Å². The molecule has 0 radical (unpaired) electrons. The van der Waals surface area contributed by atoms with Crippen molar-refractivity contribution in [1.29, 1.82) is 0 Å². The second kappa shape index (κ2) is 6.70. The lowest BCUT2D eigenvalue weighted by atomic mass is 9.79. The van der Waals surface area contributed by atoms with Crippen LogP contribution in [0, 0.1) is 0 Å². The molecule has 0 aromatic carbocycles. The molecule has 2 N–H and O–H groups in total. The highest BCUT2D eigenvalue weighted by Crippen LogP contribution is 2.31. The summed E-state index contributed by atoms with van der Waals surface area (Å²) in [5.74, 6) is 0.245. The maximum atomic E-state index is 12.2. The molecule has 110 valence electrons. The molecule has 7 heteroatoms. The first-order chi connectivity index (χ1) is 9.53. The quantitative estimate of drug-likeness (QED) is 0.662. The summed E-state index contributed by atoms with van der Waals surface area (Å²) in [4.78, 5) is 19.8. The van der Waals surface area contributed by atoms with Crippen LogP contribution < -0.4 is 10.6 Å². The third-order valence-electron chi connectivity index (χ3n) is 3.78. The Balaban J connectivity index is 2.00. The van der Waals surface area contributed by atoms with Crippen LogP contribution in [0.25, 0.3) is 0 Å². The number of carbonyl (C=O) groups excluding carboxylic acids is 1. The minimum atomic E-state index is -0.108. The van der Waals surface area contributed by atoms with Crippen molar-refractivity contribution >= 4 is 34.9 Å². The minimum absolute atomic E-state index is 0.0220. The SMILES string of the molecule is CNC1(CC(=O)Nc2cc(Cl)nc(Cl)n2)CCCCC1. The van der Waals surface area contributed by atoms with Crippen LogP contribution >= 0.6 is 23.2 Å². The van der Waals surface area contributed by atoms with Crippen molar-refractivity contribution in [3.05, 3.63) is 16.5 Å². The third kappa shape index (κ3) is 4.04. The van der Waals surface area contributed by atoms with Gasteiger partial charge in [-0.2, -0.15) is 0 Å². The normalized spacial score (nSPS) is 17.8. The van der Waals surface area contributed by atoms with Gasteiger partial charge in [0.25, 0.3) is 0 Å². The van der Waals surface area contributed by atoms with Gasteiger partial charge in [-0.15, -0.1) is 0 Å². The molecule has 1 aromatic heterocycles. The van der Waals surface area contributed by atoms with Gasteiger partial charge < -0.3 is 10.6 Å². The summed E-state index contributed by atoms with van der Waals surface area (Å²) in [6.07, 6.45) is 5.99. The number of nitrogens with zero attached hydrogens (tertiary/aromatic N) is 2. The second-order valence-corrected chi connectivity index (χ2v) is 5.89. The smallest absolute Gasteiger partial charge is 0.227 e. The Hall–Kier alpha value is -0.910. The van der Waals surface area contributed by atoms with Crippen LogP contribution in [-0.2, 0) is 4.79 Å². The molecule has 0 bridgehead atoms. The summed E-state index contributed by atoms with van der Waals surface area (Å²) in [6, 6.07) is 1.48. The fraction of sp³-hybridized carbons (Fsp3) is 0.615. The van der Waals surface area contributed by atoms with Gasteiger partial charge in [-0.1, -0.05) is 30.9 Å². The Labute approximate surface area is 128 Å². The third-order valence-corrected chi connectivity index (χ3v) is 4.14. The van der Waals surface area contributed by atoms with Gasteiger partial charge in [0.15, 0.2) is 0 Å².